The number of methoxy groups -OCH3 is 1. The van der Waals surface area contributed by atoms with Crippen LogP contribution in [0.5, 0.6) is 0 Å². The quantitative estimate of drug-likeness (QED) is 0.624. The number of hydrogen-bond acceptors (Lipinski definition) is 4. The van der Waals surface area contributed by atoms with E-state index >= 15 is 0 Å². The van der Waals surface area contributed by atoms with Gasteiger partial charge in [-0.25, -0.2) is 13.1 Å². The van der Waals surface area contributed by atoms with Crippen molar-refractivity contribution in [3.05, 3.63) is 60.2 Å². The van der Waals surface area contributed by atoms with Crippen LogP contribution >= 0.6 is 0 Å². The zero-order chi connectivity index (χ0) is 18.8. The van der Waals surface area contributed by atoms with E-state index in [1.165, 1.54) is 12.1 Å². The predicted molar refractivity (Wildman–Crippen MR) is 102 cm³/mol. The van der Waals surface area contributed by atoms with Crippen LogP contribution in [0.15, 0.2) is 59.5 Å². The third-order valence-corrected chi connectivity index (χ3v) is 5.23. The Morgan fingerprint density at radius 1 is 1.04 bits per heavy atom. The van der Waals surface area contributed by atoms with Crippen LogP contribution < -0.4 is 10.0 Å². The molecule has 0 spiro atoms. The Bertz CT molecular complexity index is 790. The molecule has 0 heterocycles. The topological polar surface area (TPSA) is 84.5 Å². The summed E-state index contributed by atoms with van der Waals surface area (Å²) in [5, 5.41) is 2.78. The lowest BCUT2D eigenvalue weighted by atomic mass is 10.1. The van der Waals surface area contributed by atoms with Gasteiger partial charge < -0.3 is 10.1 Å². The van der Waals surface area contributed by atoms with E-state index in [0.717, 1.165) is 5.56 Å². The molecule has 0 aliphatic heterocycles. The fourth-order valence-electron chi connectivity index (χ4n) is 2.35. The highest BCUT2D eigenvalue weighted by Crippen LogP contribution is 2.14. The van der Waals surface area contributed by atoms with E-state index in [0.29, 0.717) is 38.1 Å². The number of amides is 1. The zero-order valence-electron chi connectivity index (χ0n) is 14.8. The van der Waals surface area contributed by atoms with E-state index in [1.54, 1.807) is 19.2 Å². The highest BCUT2D eigenvalue weighted by molar-refractivity contribution is 7.89. The first-order chi connectivity index (χ1) is 12.5. The lowest BCUT2D eigenvalue weighted by Crippen LogP contribution is -2.25. The van der Waals surface area contributed by atoms with Gasteiger partial charge in [0.25, 0.3) is 0 Å². The van der Waals surface area contributed by atoms with Gasteiger partial charge in [0.15, 0.2) is 0 Å². The molecule has 26 heavy (non-hydrogen) atoms. The number of nitrogens with one attached hydrogen (secondary N) is 2. The molecule has 1 amide bonds. The van der Waals surface area contributed by atoms with Crippen molar-refractivity contribution in [2.24, 2.45) is 0 Å². The summed E-state index contributed by atoms with van der Waals surface area (Å²) < 4.78 is 31.7. The monoisotopic (exact) mass is 376 g/mol. The normalized spacial score (nSPS) is 11.3. The van der Waals surface area contributed by atoms with Crippen molar-refractivity contribution in [1.29, 1.82) is 0 Å². The molecule has 140 valence electrons. The van der Waals surface area contributed by atoms with Gasteiger partial charge in [0.2, 0.25) is 15.9 Å². The van der Waals surface area contributed by atoms with Crippen molar-refractivity contribution < 1.29 is 17.9 Å². The van der Waals surface area contributed by atoms with Crippen molar-refractivity contribution in [3.8, 4) is 0 Å². The summed E-state index contributed by atoms with van der Waals surface area (Å²) >= 11 is 0. The van der Waals surface area contributed by atoms with Crippen LogP contribution in [-0.4, -0.2) is 34.6 Å². The van der Waals surface area contributed by atoms with E-state index in [1.807, 2.05) is 30.3 Å². The summed E-state index contributed by atoms with van der Waals surface area (Å²) in [6, 6.07) is 15.9. The number of rotatable bonds is 10. The van der Waals surface area contributed by atoms with Crippen molar-refractivity contribution in [3.63, 3.8) is 0 Å². The second-order valence-corrected chi connectivity index (χ2v) is 7.57. The number of benzene rings is 2. The first-order valence-corrected chi connectivity index (χ1v) is 9.92. The maximum Gasteiger partial charge on any atom is 0.240 e. The van der Waals surface area contributed by atoms with E-state index in [-0.39, 0.29) is 10.8 Å². The summed E-state index contributed by atoms with van der Waals surface area (Å²) in [4.78, 5) is 12.2. The van der Waals surface area contributed by atoms with E-state index in [2.05, 4.69) is 10.0 Å². The molecule has 0 unspecified atom stereocenters. The zero-order valence-corrected chi connectivity index (χ0v) is 15.6. The third-order valence-electron chi connectivity index (χ3n) is 3.75. The molecule has 2 N–H and O–H groups in total. The Balaban J connectivity index is 1.85. The molecular weight excluding hydrogens is 352 g/mol. The van der Waals surface area contributed by atoms with Gasteiger partial charge in [0, 0.05) is 32.4 Å². The molecule has 0 fully saturated rings. The molecule has 0 atom stereocenters. The number of anilines is 1. The number of carbonyl (C=O) groups is 1. The van der Waals surface area contributed by atoms with E-state index < -0.39 is 10.0 Å². The van der Waals surface area contributed by atoms with Crippen LogP contribution in [0.4, 0.5) is 5.69 Å². The fourth-order valence-corrected chi connectivity index (χ4v) is 3.42. The average Bonchev–Trinajstić information content (AvgIpc) is 2.65. The maximum absolute atomic E-state index is 12.1. The van der Waals surface area contributed by atoms with Crippen LogP contribution in [0.25, 0.3) is 0 Å². The van der Waals surface area contributed by atoms with Crippen LogP contribution in [0.1, 0.15) is 18.4 Å². The molecule has 0 aliphatic rings. The fraction of sp³-hybridized carbons (Fsp3) is 0.316. The van der Waals surface area contributed by atoms with Gasteiger partial charge in [-0.3, -0.25) is 4.79 Å². The van der Waals surface area contributed by atoms with Crippen LogP contribution in [-0.2, 0) is 26.0 Å². The number of aryl methyl sites for hydroxylation is 1. The van der Waals surface area contributed by atoms with Crippen LogP contribution in [0.2, 0.25) is 0 Å². The largest absolute Gasteiger partial charge is 0.385 e. The second kappa shape index (κ2) is 10.1. The highest BCUT2D eigenvalue weighted by Gasteiger charge is 2.13. The molecule has 0 aliphatic carbocycles. The van der Waals surface area contributed by atoms with Crippen LogP contribution in [0, 0.1) is 0 Å². The summed E-state index contributed by atoms with van der Waals surface area (Å²) in [6.45, 7) is 0.810. The molecule has 0 saturated carbocycles. The summed E-state index contributed by atoms with van der Waals surface area (Å²) in [5.74, 6) is -0.109. The molecule has 6 nitrogen and oxygen atoms in total. The molecule has 0 saturated heterocycles. The second-order valence-electron chi connectivity index (χ2n) is 5.80. The van der Waals surface area contributed by atoms with Gasteiger partial charge in [0.1, 0.15) is 0 Å². The Labute approximate surface area is 154 Å². The SMILES string of the molecule is COCCCNS(=O)(=O)c1ccc(NC(=O)CCc2ccccc2)cc1. The van der Waals surface area contributed by atoms with Gasteiger partial charge in [-0.2, -0.15) is 0 Å². The standard InChI is InChI=1S/C19H24N2O4S/c1-25-15-5-14-20-26(23,24)18-11-9-17(10-12-18)21-19(22)13-8-16-6-3-2-4-7-16/h2-4,6-7,9-12,20H,5,8,13-15H2,1H3,(H,21,22). The Morgan fingerprint density at radius 3 is 2.38 bits per heavy atom. The summed E-state index contributed by atoms with van der Waals surface area (Å²) in [7, 11) is -1.98. The summed E-state index contributed by atoms with van der Waals surface area (Å²) in [6.07, 6.45) is 1.63. The molecule has 7 heteroatoms. The first-order valence-electron chi connectivity index (χ1n) is 8.44. The minimum Gasteiger partial charge on any atom is -0.385 e. The Hall–Kier alpha value is -2.22. The minimum atomic E-state index is -3.55. The first kappa shape index (κ1) is 20.1. The Kier molecular flexibility index (Phi) is 7.77. The predicted octanol–water partition coefficient (Wildman–Crippen LogP) is 2.57. The van der Waals surface area contributed by atoms with Gasteiger partial charge >= 0.3 is 0 Å². The molecule has 0 radical (unpaired) electrons. The summed E-state index contributed by atoms with van der Waals surface area (Å²) in [5.41, 5.74) is 1.67. The molecule has 0 aromatic heterocycles. The smallest absolute Gasteiger partial charge is 0.240 e. The van der Waals surface area contributed by atoms with Crippen molar-refractivity contribution in [2.75, 3.05) is 25.6 Å². The number of sulfonamides is 1. The van der Waals surface area contributed by atoms with E-state index in [9.17, 15) is 13.2 Å². The number of ether oxygens (including phenoxy) is 1. The third kappa shape index (κ3) is 6.59. The molecule has 2 rings (SSSR count). The van der Waals surface area contributed by atoms with Gasteiger partial charge in [-0.05, 0) is 42.7 Å². The molecular formula is C19H24N2O4S. The highest BCUT2D eigenvalue weighted by atomic mass is 32.2. The van der Waals surface area contributed by atoms with Crippen molar-refractivity contribution in [1.82, 2.24) is 4.72 Å². The van der Waals surface area contributed by atoms with E-state index in [4.69, 9.17) is 4.74 Å². The van der Waals surface area contributed by atoms with Crippen LogP contribution in [0.3, 0.4) is 0 Å². The van der Waals surface area contributed by atoms with Gasteiger partial charge in [-0.15, -0.1) is 0 Å². The lowest BCUT2D eigenvalue weighted by molar-refractivity contribution is -0.116. The molecule has 0 bridgehead atoms. The van der Waals surface area contributed by atoms with Crippen molar-refractivity contribution >= 4 is 21.6 Å². The average molecular weight is 376 g/mol. The van der Waals surface area contributed by atoms with Crippen molar-refractivity contribution in [2.45, 2.75) is 24.2 Å². The minimum absolute atomic E-state index is 0.109. The van der Waals surface area contributed by atoms with Gasteiger partial charge in [0.05, 0.1) is 4.90 Å². The number of hydrogen-bond donors (Lipinski definition) is 2. The number of carbonyl (C=O) groups excluding carboxylic acids is 1. The lowest BCUT2D eigenvalue weighted by Gasteiger charge is -2.09. The maximum atomic E-state index is 12.1. The molecule has 2 aromatic rings. The molecule has 2 aromatic carbocycles. The van der Waals surface area contributed by atoms with Gasteiger partial charge in [-0.1, -0.05) is 30.3 Å². The Morgan fingerprint density at radius 2 is 1.73 bits per heavy atom.